The van der Waals surface area contributed by atoms with Crippen LogP contribution in [0.4, 0.5) is 0 Å². The summed E-state index contributed by atoms with van der Waals surface area (Å²) in [7, 11) is 1.25. The molecule has 0 rings (SSSR count). The number of amides is 1. The number of likely N-dealkylation sites (N-methyl/N-ethyl adjacent to an activating group) is 1. The largest absolute Gasteiger partial charge is 0.383 e. The Bertz CT molecular complexity index is 338. The van der Waals surface area contributed by atoms with E-state index in [0.29, 0.717) is 0 Å². The minimum atomic E-state index is -3.43. The highest BCUT2D eigenvalue weighted by molar-refractivity contribution is 7.89. The average molecular weight is 266 g/mol. The second kappa shape index (κ2) is 6.93. The van der Waals surface area contributed by atoms with Crippen LogP contribution in [0.5, 0.6) is 0 Å². The van der Waals surface area contributed by atoms with Gasteiger partial charge in [-0.1, -0.05) is 0 Å². The predicted molar refractivity (Wildman–Crippen MR) is 66.2 cm³/mol. The Morgan fingerprint density at radius 2 is 1.82 bits per heavy atom. The molecule has 0 fully saturated rings. The van der Waals surface area contributed by atoms with E-state index in [4.69, 9.17) is 4.74 Å². The summed E-state index contributed by atoms with van der Waals surface area (Å²) in [6.45, 7) is 3.50. The van der Waals surface area contributed by atoms with Gasteiger partial charge in [0.15, 0.2) is 0 Å². The van der Waals surface area contributed by atoms with Gasteiger partial charge in [0.1, 0.15) is 0 Å². The Morgan fingerprint density at radius 1 is 1.29 bits per heavy atom. The van der Waals surface area contributed by atoms with Crippen molar-refractivity contribution in [2.75, 3.05) is 40.9 Å². The van der Waals surface area contributed by atoms with Gasteiger partial charge in [-0.2, -0.15) is 4.31 Å². The zero-order valence-electron chi connectivity index (χ0n) is 11.1. The van der Waals surface area contributed by atoms with Crippen LogP contribution < -0.4 is 0 Å². The van der Waals surface area contributed by atoms with E-state index in [9.17, 15) is 13.2 Å². The Morgan fingerprint density at radius 3 is 2.18 bits per heavy atom. The van der Waals surface area contributed by atoms with Crippen molar-refractivity contribution in [3.05, 3.63) is 0 Å². The van der Waals surface area contributed by atoms with Gasteiger partial charge >= 0.3 is 0 Å². The van der Waals surface area contributed by atoms with Gasteiger partial charge in [-0.3, -0.25) is 4.79 Å². The molecule has 6 nitrogen and oxygen atoms in total. The van der Waals surface area contributed by atoms with Crippen LogP contribution in [0, 0.1) is 0 Å². The molecule has 0 heterocycles. The van der Waals surface area contributed by atoms with Crippen molar-refractivity contribution in [2.24, 2.45) is 0 Å². The Balaban J connectivity index is 4.83. The number of carbonyl (C=O) groups is 1. The third-order valence-corrected chi connectivity index (χ3v) is 4.53. The van der Waals surface area contributed by atoms with Crippen LogP contribution >= 0.6 is 0 Å². The topological polar surface area (TPSA) is 66.9 Å². The fourth-order valence-electron chi connectivity index (χ4n) is 1.08. The number of hydrogen-bond acceptors (Lipinski definition) is 4. The number of ether oxygens (including phenoxy) is 1. The minimum absolute atomic E-state index is 0.142. The zero-order chi connectivity index (χ0) is 13.6. The molecule has 102 valence electrons. The first-order chi connectivity index (χ1) is 7.73. The molecule has 0 aromatic carbocycles. The summed E-state index contributed by atoms with van der Waals surface area (Å²) < 4.78 is 30.0. The van der Waals surface area contributed by atoms with Gasteiger partial charge in [0.05, 0.1) is 18.4 Å². The molecule has 0 radical (unpaired) electrons. The van der Waals surface area contributed by atoms with E-state index in [0.717, 1.165) is 0 Å². The second-order valence-corrected chi connectivity index (χ2v) is 6.70. The molecule has 0 aromatic rings. The maximum Gasteiger partial charge on any atom is 0.237 e. The average Bonchev–Trinajstić information content (AvgIpc) is 2.22. The first kappa shape index (κ1) is 16.3. The third-order valence-electron chi connectivity index (χ3n) is 2.31. The molecular weight excluding hydrogens is 244 g/mol. The molecule has 0 aliphatic carbocycles. The normalized spacial score (nSPS) is 12.2. The molecule has 0 spiro atoms. The van der Waals surface area contributed by atoms with Crippen molar-refractivity contribution in [1.82, 2.24) is 9.21 Å². The van der Waals surface area contributed by atoms with E-state index >= 15 is 0 Å². The lowest BCUT2D eigenvalue weighted by molar-refractivity contribution is -0.128. The van der Waals surface area contributed by atoms with Crippen LogP contribution in [0.3, 0.4) is 0 Å². The van der Waals surface area contributed by atoms with Crippen molar-refractivity contribution >= 4 is 15.9 Å². The minimum Gasteiger partial charge on any atom is -0.383 e. The molecule has 0 aromatic heterocycles. The van der Waals surface area contributed by atoms with Crippen LogP contribution in [-0.2, 0) is 19.6 Å². The van der Waals surface area contributed by atoms with Crippen molar-refractivity contribution in [3.8, 4) is 0 Å². The lowest BCUT2D eigenvalue weighted by Crippen LogP contribution is -2.44. The quantitative estimate of drug-likeness (QED) is 0.638. The Labute approximate surface area is 104 Å². The number of sulfonamides is 1. The van der Waals surface area contributed by atoms with Gasteiger partial charge < -0.3 is 9.64 Å². The van der Waals surface area contributed by atoms with Gasteiger partial charge in [0.25, 0.3) is 0 Å². The summed E-state index contributed by atoms with van der Waals surface area (Å²) in [4.78, 5) is 12.9. The monoisotopic (exact) mass is 266 g/mol. The van der Waals surface area contributed by atoms with Crippen molar-refractivity contribution < 1.29 is 17.9 Å². The van der Waals surface area contributed by atoms with E-state index in [-0.39, 0.29) is 25.6 Å². The van der Waals surface area contributed by atoms with E-state index < -0.39 is 15.3 Å². The van der Waals surface area contributed by atoms with Crippen LogP contribution in [0.15, 0.2) is 0 Å². The summed E-state index contributed by atoms with van der Waals surface area (Å²) >= 11 is 0. The number of carbonyl (C=O) groups excluding carboxylic acids is 1. The fourth-order valence-corrected chi connectivity index (χ4v) is 2.30. The molecule has 0 unspecified atom stereocenters. The van der Waals surface area contributed by atoms with E-state index in [1.807, 2.05) is 0 Å². The zero-order valence-corrected chi connectivity index (χ0v) is 12.0. The maximum atomic E-state index is 12.0. The molecule has 17 heavy (non-hydrogen) atoms. The van der Waals surface area contributed by atoms with Gasteiger partial charge in [0.2, 0.25) is 15.9 Å². The molecule has 0 bridgehead atoms. The van der Waals surface area contributed by atoms with Crippen LogP contribution in [0.25, 0.3) is 0 Å². The summed E-state index contributed by atoms with van der Waals surface area (Å²) in [5.41, 5.74) is 0. The Hall–Kier alpha value is -0.660. The van der Waals surface area contributed by atoms with E-state index in [1.54, 1.807) is 27.9 Å². The molecule has 0 aliphatic rings. The van der Waals surface area contributed by atoms with Crippen molar-refractivity contribution in [1.29, 1.82) is 0 Å². The number of rotatable bonds is 7. The molecule has 0 N–H and O–H groups in total. The lowest BCUT2D eigenvalue weighted by Gasteiger charge is -2.24. The first-order valence-electron chi connectivity index (χ1n) is 5.41. The fraction of sp³-hybridized carbons (Fsp3) is 0.900. The van der Waals surface area contributed by atoms with Crippen molar-refractivity contribution in [3.63, 3.8) is 0 Å². The van der Waals surface area contributed by atoms with Crippen molar-refractivity contribution in [2.45, 2.75) is 19.1 Å². The predicted octanol–water partition coefficient (Wildman–Crippen LogP) is -0.239. The van der Waals surface area contributed by atoms with Crippen LogP contribution in [-0.4, -0.2) is 69.7 Å². The van der Waals surface area contributed by atoms with Crippen LogP contribution in [0.2, 0.25) is 0 Å². The summed E-state index contributed by atoms with van der Waals surface area (Å²) in [6, 6.07) is 0. The van der Waals surface area contributed by atoms with Gasteiger partial charge in [-0.15, -0.1) is 0 Å². The highest BCUT2D eigenvalue weighted by Crippen LogP contribution is 2.08. The van der Waals surface area contributed by atoms with Crippen LogP contribution in [0.1, 0.15) is 13.8 Å². The Kier molecular flexibility index (Phi) is 6.66. The number of hydrogen-bond donors (Lipinski definition) is 0. The smallest absolute Gasteiger partial charge is 0.237 e. The highest BCUT2D eigenvalue weighted by atomic mass is 32.2. The van der Waals surface area contributed by atoms with E-state index in [2.05, 4.69) is 0 Å². The maximum absolute atomic E-state index is 12.0. The highest BCUT2D eigenvalue weighted by Gasteiger charge is 2.27. The summed E-state index contributed by atoms with van der Waals surface area (Å²) in [5, 5.41) is -0.547. The SMILES string of the molecule is COCCN(CC(=O)N(C)C)S(=O)(=O)C(C)C. The third kappa shape index (κ3) is 5.01. The van der Waals surface area contributed by atoms with E-state index in [1.165, 1.54) is 16.3 Å². The second-order valence-electron chi connectivity index (χ2n) is 4.21. The summed E-state index contributed by atoms with van der Waals surface area (Å²) in [6.07, 6.45) is 0. The lowest BCUT2D eigenvalue weighted by atomic mass is 10.5. The first-order valence-corrected chi connectivity index (χ1v) is 6.91. The molecular formula is C10H22N2O4S. The molecule has 0 saturated heterocycles. The number of methoxy groups -OCH3 is 1. The van der Waals surface area contributed by atoms with Gasteiger partial charge in [-0.05, 0) is 13.8 Å². The molecule has 7 heteroatoms. The van der Waals surface area contributed by atoms with Gasteiger partial charge in [0, 0.05) is 27.7 Å². The molecule has 0 saturated carbocycles. The summed E-state index contributed by atoms with van der Waals surface area (Å²) in [5.74, 6) is -0.245. The van der Waals surface area contributed by atoms with Gasteiger partial charge in [-0.25, -0.2) is 8.42 Å². The molecule has 0 aliphatic heterocycles. The molecule has 0 atom stereocenters. The standard InChI is InChI=1S/C10H22N2O4S/c1-9(2)17(14,15)12(6-7-16-5)8-10(13)11(3)4/h9H,6-8H2,1-5H3. The molecule has 1 amide bonds. The number of nitrogens with zero attached hydrogens (tertiary/aromatic N) is 2.